The molecule has 2 nitrogen and oxygen atoms in total. The molecule has 0 radical (unpaired) electrons. The molecule has 0 spiro atoms. The molecule has 1 aliphatic carbocycles. The van der Waals surface area contributed by atoms with E-state index >= 15 is 0 Å². The Morgan fingerprint density at radius 3 is 2.47 bits per heavy atom. The Kier molecular flexibility index (Phi) is 2.53. The fourth-order valence-electron chi connectivity index (χ4n) is 3.62. The van der Waals surface area contributed by atoms with Crippen LogP contribution in [0.3, 0.4) is 0 Å². The zero-order valence-corrected chi connectivity index (χ0v) is 11.0. The Morgan fingerprint density at radius 1 is 1.12 bits per heavy atom. The number of fused-ring (bicyclic) bond motifs is 1. The fraction of sp³-hybridized carbons (Fsp3) is 0.714. The lowest BCUT2D eigenvalue weighted by Crippen LogP contribution is -2.29. The van der Waals surface area contributed by atoms with E-state index < -0.39 is 0 Å². The third kappa shape index (κ3) is 2.05. The van der Waals surface area contributed by atoms with Crippen LogP contribution in [0.15, 0.2) is 17.5 Å². The highest BCUT2D eigenvalue weighted by Crippen LogP contribution is 2.38. The van der Waals surface area contributed by atoms with Crippen molar-refractivity contribution in [3.05, 3.63) is 22.4 Å². The molecule has 2 atom stereocenters. The van der Waals surface area contributed by atoms with Gasteiger partial charge in [-0.05, 0) is 36.1 Å². The summed E-state index contributed by atoms with van der Waals surface area (Å²) >= 11 is 1.90. The maximum Gasteiger partial charge on any atom is 0.0328 e. The van der Waals surface area contributed by atoms with Crippen molar-refractivity contribution in [2.75, 3.05) is 26.2 Å². The highest BCUT2D eigenvalue weighted by molar-refractivity contribution is 7.09. The summed E-state index contributed by atoms with van der Waals surface area (Å²) in [6.07, 6.45) is 2.94. The molecule has 1 saturated carbocycles. The normalized spacial score (nSPS) is 34.4. The van der Waals surface area contributed by atoms with Crippen molar-refractivity contribution in [1.29, 1.82) is 0 Å². The Morgan fingerprint density at radius 2 is 1.88 bits per heavy atom. The molecule has 1 aromatic rings. The van der Waals surface area contributed by atoms with E-state index in [-0.39, 0.29) is 0 Å². The van der Waals surface area contributed by atoms with Gasteiger partial charge in [-0.2, -0.15) is 0 Å². The van der Waals surface area contributed by atoms with Crippen LogP contribution < -0.4 is 0 Å². The predicted molar refractivity (Wildman–Crippen MR) is 71.2 cm³/mol. The number of likely N-dealkylation sites (tertiary alicyclic amines) is 2. The predicted octanol–water partition coefficient (Wildman–Crippen LogP) is 2.27. The summed E-state index contributed by atoms with van der Waals surface area (Å²) in [5, 5.41) is 2.20. The number of thiophene rings is 1. The van der Waals surface area contributed by atoms with E-state index in [2.05, 4.69) is 27.3 Å². The van der Waals surface area contributed by atoms with Crippen molar-refractivity contribution in [3.63, 3.8) is 0 Å². The number of rotatable bonds is 3. The van der Waals surface area contributed by atoms with Gasteiger partial charge in [-0.1, -0.05) is 6.07 Å². The molecule has 0 bridgehead atoms. The number of hydrogen-bond acceptors (Lipinski definition) is 3. The number of nitrogens with zero attached hydrogens (tertiary/aromatic N) is 2. The van der Waals surface area contributed by atoms with Gasteiger partial charge in [0.25, 0.3) is 0 Å². The average molecular weight is 248 g/mol. The minimum absolute atomic E-state index is 0.968. The largest absolute Gasteiger partial charge is 0.300 e. The minimum atomic E-state index is 0.968. The van der Waals surface area contributed by atoms with Crippen molar-refractivity contribution < 1.29 is 0 Å². The minimum Gasteiger partial charge on any atom is -0.300 e. The van der Waals surface area contributed by atoms with Gasteiger partial charge in [-0.25, -0.2) is 0 Å². The second kappa shape index (κ2) is 4.08. The highest BCUT2D eigenvalue weighted by atomic mass is 32.1. The van der Waals surface area contributed by atoms with E-state index in [1.807, 2.05) is 11.3 Å². The lowest BCUT2D eigenvalue weighted by molar-refractivity contribution is 0.246. The Labute approximate surface area is 107 Å². The van der Waals surface area contributed by atoms with Crippen LogP contribution in [0.1, 0.15) is 17.7 Å². The summed E-state index contributed by atoms with van der Waals surface area (Å²) in [4.78, 5) is 6.97. The molecule has 4 rings (SSSR count). The smallest absolute Gasteiger partial charge is 0.0328 e. The molecule has 2 aliphatic heterocycles. The lowest BCUT2D eigenvalue weighted by atomic mass is 10.0. The molecule has 1 aromatic heterocycles. The van der Waals surface area contributed by atoms with Crippen molar-refractivity contribution in [2.45, 2.75) is 25.4 Å². The van der Waals surface area contributed by atoms with Gasteiger partial charge in [0.1, 0.15) is 0 Å². The van der Waals surface area contributed by atoms with Crippen LogP contribution in [0, 0.1) is 11.8 Å². The third-order valence-electron chi connectivity index (χ3n) is 4.61. The molecular formula is C14H20N2S. The molecular weight excluding hydrogens is 228 g/mol. The van der Waals surface area contributed by atoms with Crippen molar-refractivity contribution in [2.24, 2.45) is 11.8 Å². The van der Waals surface area contributed by atoms with Crippen LogP contribution in [0.25, 0.3) is 0 Å². The second-order valence-corrected chi connectivity index (χ2v) is 7.01. The van der Waals surface area contributed by atoms with Gasteiger partial charge >= 0.3 is 0 Å². The van der Waals surface area contributed by atoms with Crippen LogP contribution in [0.5, 0.6) is 0 Å². The third-order valence-corrected chi connectivity index (χ3v) is 5.47. The van der Waals surface area contributed by atoms with Crippen LogP contribution in [0.4, 0.5) is 0 Å². The summed E-state index contributed by atoms with van der Waals surface area (Å²) in [6, 6.07) is 5.42. The fourth-order valence-corrected chi connectivity index (χ4v) is 4.36. The SMILES string of the molecule is c1csc(CN2CC3CN(C4CC4)CC3C2)c1. The molecule has 3 heteroatoms. The number of hydrogen-bond donors (Lipinski definition) is 0. The molecule has 3 fully saturated rings. The van der Waals surface area contributed by atoms with E-state index in [0.717, 1.165) is 17.9 Å². The Balaban J connectivity index is 1.35. The van der Waals surface area contributed by atoms with E-state index in [1.165, 1.54) is 50.4 Å². The monoisotopic (exact) mass is 248 g/mol. The van der Waals surface area contributed by atoms with Crippen LogP contribution in [0.2, 0.25) is 0 Å². The topological polar surface area (TPSA) is 6.48 Å². The first-order valence-corrected chi connectivity index (χ1v) is 7.75. The van der Waals surface area contributed by atoms with Crippen molar-refractivity contribution >= 4 is 11.3 Å². The van der Waals surface area contributed by atoms with Crippen LogP contribution in [-0.4, -0.2) is 42.0 Å². The van der Waals surface area contributed by atoms with Gasteiger partial charge in [0.2, 0.25) is 0 Å². The van der Waals surface area contributed by atoms with Gasteiger partial charge in [0.05, 0.1) is 0 Å². The average Bonchev–Trinajstić information content (AvgIpc) is 2.72. The van der Waals surface area contributed by atoms with E-state index in [1.54, 1.807) is 0 Å². The van der Waals surface area contributed by atoms with E-state index in [9.17, 15) is 0 Å². The maximum atomic E-state index is 2.76. The first kappa shape index (κ1) is 10.5. The summed E-state index contributed by atoms with van der Waals surface area (Å²) in [5.74, 6) is 1.94. The van der Waals surface area contributed by atoms with E-state index in [0.29, 0.717) is 0 Å². The zero-order chi connectivity index (χ0) is 11.2. The zero-order valence-electron chi connectivity index (χ0n) is 10.2. The molecule has 2 unspecified atom stereocenters. The molecule has 0 N–H and O–H groups in total. The highest BCUT2D eigenvalue weighted by Gasteiger charge is 2.44. The molecule has 3 aliphatic rings. The van der Waals surface area contributed by atoms with Gasteiger partial charge in [-0.3, -0.25) is 9.80 Å². The Hall–Kier alpha value is -0.380. The molecule has 3 heterocycles. The summed E-state index contributed by atoms with van der Waals surface area (Å²) in [6.45, 7) is 6.64. The second-order valence-electron chi connectivity index (χ2n) is 5.98. The van der Waals surface area contributed by atoms with Crippen LogP contribution in [-0.2, 0) is 6.54 Å². The van der Waals surface area contributed by atoms with E-state index in [4.69, 9.17) is 0 Å². The molecule has 0 amide bonds. The molecule has 92 valence electrons. The van der Waals surface area contributed by atoms with Crippen molar-refractivity contribution in [1.82, 2.24) is 9.80 Å². The maximum absolute atomic E-state index is 2.76. The van der Waals surface area contributed by atoms with Gasteiger partial charge in [0.15, 0.2) is 0 Å². The first-order valence-electron chi connectivity index (χ1n) is 6.87. The van der Waals surface area contributed by atoms with Crippen molar-refractivity contribution in [3.8, 4) is 0 Å². The van der Waals surface area contributed by atoms with Crippen LogP contribution >= 0.6 is 11.3 Å². The molecule has 17 heavy (non-hydrogen) atoms. The Bertz CT molecular complexity index is 371. The van der Waals surface area contributed by atoms with Gasteiger partial charge in [0, 0.05) is 43.6 Å². The lowest BCUT2D eigenvalue weighted by Gasteiger charge is -2.20. The van der Waals surface area contributed by atoms with Gasteiger partial charge in [-0.15, -0.1) is 11.3 Å². The first-order chi connectivity index (χ1) is 8.38. The molecule has 2 saturated heterocycles. The summed E-state index contributed by atoms with van der Waals surface area (Å²) in [5.41, 5.74) is 0. The van der Waals surface area contributed by atoms with Gasteiger partial charge < -0.3 is 0 Å². The quantitative estimate of drug-likeness (QED) is 0.809. The summed E-state index contributed by atoms with van der Waals surface area (Å²) in [7, 11) is 0. The standard InChI is InChI=1S/C14H20N2S/c1-2-14(17-5-1)10-15-6-11-8-16(13-3-4-13)9-12(11)7-15/h1-2,5,11-13H,3-4,6-10H2. The molecule has 0 aromatic carbocycles. The summed E-state index contributed by atoms with van der Waals surface area (Å²) < 4.78 is 0.